The van der Waals surface area contributed by atoms with Gasteiger partial charge in [0.15, 0.2) is 0 Å². The zero-order valence-electron chi connectivity index (χ0n) is 12.0. The number of fused-ring (bicyclic) bond motifs is 1. The Morgan fingerprint density at radius 1 is 1.27 bits per heavy atom. The molecule has 6 heteroatoms. The number of anilines is 1. The summed E-state index contributed by atoms with van der Waals surface area (Å²) in [6, 6.07) is 7.35. The van der Waals surface area contributed by atoms with Gasteiger partial charge in [-0.1, -0.05) is 11.6 Å². The number of pyridine rings is 1. The Morgan fingerprint density at radius 2 is 2.09 bits per heavy atom. The average molecular weight is 316 g/mol. The monoisotopic (exact) mass is 315 g/mol. The molecule has 0 unspecified atom stereocenters. The van der Waals surface area contributed by atoms with E-state index in [1.165, 1.54) is 11.0 Å². The van der Waals surface area contributed by atoms with Crippen molar-refractivity contribution in [1.29, 1.82) is 0 Å². The van der Waals surface area contributed by atoms with Gasteiger partial charge in [0.25, 0.3) is 11.8 Å². The predicted octanol–water partition coefficient (Wildman–Crippen LogP) is 2.62. The van der Waals surface area contributed by atoms with Crippen LogP contribution in [-0.2, 0) is 9.59 Å². The van der Waals surface area contributed by atoms with Crippen LogP contribution in [0.5, 0.6) is 0 Å². The molecule has 3 rings (SSSR count). The number of amides is 2. The summed E-state index contributed by atoms with van der Waals surface area (Å²) < 4.78 is 0. The topological polar surface area (TPSA) is 62.3 Å². The summed E-state index contributed by atoms with van der Waals surface area (Å²) in [6.45, 7) is 2.44. The minimum absolute atomic E-state index is 0.224. The number of aromatic nitrogens is 1. The van der Waals surface area contributed by atoms with Crippen LogP contribution in [0.4, 0.5) is 5.69 Å². The third kappa shape index (κ3) is 2.67. The molecule has 0 saturated heterocycles. The van der Waals surface area contributed by atoms with E-state index in [1.807, 2.05) is 12.1 Å². The van der Waals surface area contributed by atoms with Crippen molar-refractivity contribution in [2.24, 2.45) is 0 Å². The molecule has 2 aromatic rings. The molecule has 1 aromatic carbocycles. The number of rotatable bonds is 4. The van der Waals surface area contributed by atoms with Gasteiger partial charge in [-0.2, -0.15) is 0 Å². The van der Waals surface area contributed by atoms with Gasteiger partial charge in [-0.05, 0) is 31.2 Å². The van der Waals surface area contributed by atoms with Gasteiger partial charge in [0, 0.05) is 47.0 Å². The SMILES string of the molecule is CC1=CC(=O)N(CCNc2ccnc3cc(Cl)ccc23)C1=O. The molecule has 0 fully saturated rings. The summed E-state index contributed by atoms with van der Waals surface area (Å²) in [6.07, 6.45) is 3.06. The minimum Gasteiger partial charge on any atom is -0.383 e. The van der Waals surface area contributed by atoms with Crippen molar-refractivity contribution in [2.45, 2.75) is 6.92 Å². The van der Waals surface area contributed by atoms with E-state index < -0.39 is 0 Å². The fourth-order valence-corrected chi connectivity index (χ4v) is 2.59. The molecule has 0 atom stereocenters. The number of hydrogen-bond acceptors (Lipinski definition) is 4. The van der Waals surface area contributed by atoms with Gasteiger partial charge in [0.2, 0.25) is 0 Å². The number of hydrogen-bond donors (Lipinski definition) is 1. The van der Waals surface area contributed by atoms with Crippen molar-refractivity contribution >= 4 is 40.0 Å². The number of benzene rings is 1. The van der Waals surface area contributed by atoms with E-state index in [9.17, 15) is 9.59 Å². The molecular weight excluding hydrogens is 302 g/mol. The van der Waals surface area contributed by atoms with E-state index in [0.29, 0.717) is 23.7 Å². The highest BCUT2D eigenvalue weighted by Gasteiger charge is 2.27. The zero-order valence-corrected chi connectivity index (χ0v) is 12.7. The lowest BCUT2D eigenvalue weighted by atomic mass is 10.2. The van der Waals surface area contributed by atoms with Crippen molar-refractivity contribution < 1.29 is 9.59 Å². The van der Waals surface area contributed by atoms with Crippen LogP contribution in [0, 0.1) is 0 Å². The van der Waals surface area contributed by atoms with Gasteiger partial charge in [0.1, 0.15) is 0 Å². The van der Waals surface area contributed by atoms with Crippen molar-refractivity contribution in [3.8, 4) is 0 Å². The molecule has 0 saturated carbocycles. The maximum atomic E-state index is 11.8. The van der Waals surface area contributed by atoms with Crippen LogP contribution in [0.2, 0.25) is 5.02 Å². The van der Waals surface area contributed by atoms with Crippen molar-refractivity contribution in [3.05, 3.63) is 47.1 Å². The lowest BCUT2D eigenvalue weighted by Gasteiger charge is -2.16. The number of imide groups is 1. The summed E-state index contributed by atoms with van der Waals surface area (Å²) >= 11 is 5.96. The molecule has 0 aliphatic carbocycles. The molecule has 0 spiro atoms. The maximum Gasteiger partial charge on any atom is 0.256 e. The molecule has 2 amide bonds. The standard InChI is InChI=1S/C16H14ClN3O2/c1-10-8-15(21)20(16(10)22)7-6-19-13-4-5-18-14-9-11(17)2-3-12(13)14/h2-5,8-9H,6-7H2,1H3,(H,18,19). The molecule has 112 valence electrons. The largest absolute Gasteiger partial charge is 0.383 e. The molecule has 1 aromatic heterocycles. The molecule has 2 heterocycles. The molecule has 1 aliphatic rings. The first-order chi connectivity index (χ1) is 10.6. The number of nitrogens with zero attached hydrogens (tertiary/aromatic N) is 2. The fourth-order valence-electron chi connectivity index (χ4n) is 2.43. The van der Waals surface area contributed by atoms with Gasteiger partial charge in [-0.15, -0.1) is 0 Å². The van der Waals surface area contributed by atoms with Crippen molar-refractivity contribution in [3.63, 3.8) is 0 Å². The minimum atomic E-state index is -0.254. The molecular formula is C16H14ClN3O2. The third-order valence-electron chi connectivity index (χ3n) is 3.54. The van der Waals surface area contributed by atoms with Crippen LogP contribution in [0.25, 0.3) is 10.9 Å². The van der Waals surface area contributed by atoms with E-state index in [-0.39, 0.29) is 11.8 Å². The molecule has 0 radical (unpaired) electrons. The Hall–Kier alpha value is -2.40. The number of halogens is 1. The summed E-state index contributed by atoms with van der Waals surface area (Å²) in [5, 5.41) is 4.81. The lowest BCUT2D eigenvalue weighted by Crippen LogP contribution is -2.35. The van der Waals surface area contributed by atoms with Gasteiger partial charge in [0.05, 0.1) is 5.52 Å². The fraction of sp³-hybridized carbons (Fsp3) is 0.188. The lowest BCUT2D eigenvalue weighted by molar-refractivity contribution is -0.136. The van der Waals surface area contributed by atoms with Crippen LogP contribution in [0.1, 0.15) is 6.92 Å². The van der Waals surface area contributed by atoms with Crippen LogP contribution < -0.4 is 5.32 Å². The molecule has 1 aliphatic heterocycles. The molecule has 5 nitrogen and oxygen atoms in total. The van der Waals surface area contributed by atoms with E-state index in [0.717, 1.165) is 16.6 Å². The van der Waals surface area contributed by atoms with E-state index >= 15 is 0 Å². The second-order valence-corrected chi connectivity index (χ2v) is 5.51. The third-order valence-corrected chi connectivity index (χ3v) is 3.78. The Kier molecular flexibility index (Phi) is 3.81. The summed E-state index contributed by atoms with van der Waals surface area (Å²) in [4.78, 5) is 29.0. The Bertz CT molecular complexity index is 801. The van der Waals surface area contributed by atoms with Gasteiger partial charge < -0.3 is 5.32 Å². The van der Waals surface area contributed by atoms with Gasteiger partial charge in [-0.25, -0.2) is 0 Å². The quantitative estimate of drug-likeness (QED) is 0.881. The van der Waals surface area contributed by atoms with Crippen LogP contribution in [0.15, 0.2) is 42.1 Å². The molecule has 0 bridgehead atoms. The van der Waals surface area contributed by atoms with Crippen LogP contribution in [0.3, 0.4) is 0 Å². The average Bonchev–Trinajstić information content (AvgIpc) is 2.73. The number of carbonyl (C=O) groups excluding carboxylic acids is 2. The second kappa shape index (κ2) is 5.77. The van der Waals surface area contributed by atoms with E-state index in [1.54, 1.807) is 25.3 Å². The first-order valence-electron chi connectivity index (χ1n) is 6.88. The summed E-state index contributed by atoms with van der Waals surface area (Å²) in [5.41, 5.74) is 2.17. The molecule has 22 heavy (non-hydrogen) atoms. The number of nitrogens with one attached hydrogen (secondary N) is 1. The highest BCUT2D eigenvalue weighted by Crippen LogP contribution is 2.24. The first-order valence-corrected chi connectivity index (χ1v) is 7.26. The van der Waals surface area contributed by atoms with Crippen molar-refractivity contribution in [1.82, 2.24) is 9.88 Å². The van der Waals surface area contributed by atoms with Gasteiger partial charge >= 0.3 is 0 Å². The van der Waals surface area contributed by atoms with E-state index in [2.05, 4.69) is 10.3 Å². The van der Waals surface area contributed by atoms with Gasteiger partial charge in [-0.3, -0.25) is 19.5 Å². The highest BCUT2D eigenvalue weighted by molar-refractivity contribution is 6.31. The number of carbonyl (C=O) groups is 2. The highest BCUT2D eigenvalue weighted by atomic mass is 35.5. The van der Waals surface area contributed by atoms with Crippen molar-refractivity contribution in [2.75, 3.05) is 18.4 Å². The Balaban J connectivity index is 1.70. The Labute approximate surface area is 132 Å². The van der Waals surface area contributed by atoms with Crippen LogP contribution >= 0.6 is 11.6 Å². The summed E-state index contributed by atoms with van der Waals surface area (Å²) in [7, 11) is 0. The smallest absolute Gasteiger partial charge is 0.256 e. The second-order valence-electron chi connectivity index (χ2n) is 5.07. The normalized spacial score (nSPS) is 14.6. The zero-order chi connectivity index (χ0) is 15.7. The maximum absolute atomic E-state index is 11.8. The van der Waals surface area contributed by atoms with Crippen LogP contribution in [-0.4, -0.2) is 34.8 Å². The van der Waals surface area contributed by atoms with E-state index in [4.69, 9.17) is 11.6 Å². The molecule has 1 N–H and O–H groups in total. The Morgan fingerprint density at radius 3 is 2.82 bits per heavy atom. The predicted molar refractivity (Wildman–Crippen MR) is 85.7 cm³/mol. The first kappa shape index (κ1) is 14.5. The summed E-state index contributed by atoms with van der Waals surface area (Å²) in [5.74, 6) is -0.478.